The van der Waals surface area contributed by atoms with Gasteiger partial charge in [0.05, 0.1) is 0 Å². The number of carbonyl (C=O) groups is 3. The Morgan fingerprint density at radius 3 is 1.79 bits per heavy atom. The summed E-state index contributed by atoms with van der Waals surface area (Å²) in [5.41, 5.74) is 3.79. The highest BCUT2D eigenvalue weighted by Gasteiger charge is 2.25. The van der Waals surface area contributed by atoms with E-state index in [9.17, 15) is 14.4 Å². The molecule has 0 radical (unpaired) electrons. The van der Waals surface area contributed by atoms with Crippen LogP contribution in [0.1, 0.15) is 29.2 Å². The van der Waals surface area contributed by atoms with Crippen LogP contribution in [0.2, 0.25) is 0 Å². The van der Waals surface area contributed by atoms with E-state index in [1.54, 1.807) is 6.92 Å². The molecule has 222 valence electrons. The second kappa shape index (κ2) is 16.4. The molecule has 0 aliphatic carbocycles. The molecular weight excluding hydrogens is 542 g/mol. The third-order valence-corrected chi connectivity index (χ3v) is 6.74. The maximum Gasteiger partial charge on any atom is 0.408 e. The molecule has 0 spiro atoms. The van der Waals surface area contributed by atoms with Crippen LogP contribution in [0, 0.1) is 0 Å². The Labute approximate surface area is 252 Å². The van der Waals surface area contributed by atoms with Crippen molar-refractivity contribution >= 4 is 17.9 Å². The molecular formula is C35H37N3O5. The van der Waals surface area contributed by atoms with Gasteiger partial charge in [0.2, 0.25) is 11.8 Å². The largest absolute Gasteiger partial charge is 0.489 e. The van der Waals surface area contributed by atoms with Gasteiger partial charge in [0, 0.05) is 13.0 Å². The van der Waals surface area contributed by atoms with Gasteiger partial charge in [-0.25, -0.2) is 4.79 Å². The van der Waals surface area contributed by atoms with Crippen molar-refractivity contribution in [1.82, 2.24) is 16.0 Å². The molecule has 2 atom stereocenters. The van der Waals surface area contributed by atoms with Gasteiger partial charge in [0.1, 0.15) is 31.0 Å². The van der Waals surface area contributed by atoms with Crippen LogP contribution in [0.5, 0.6) is 5.75 Å². The normalized spacial score (nSPS) is 11.9. The van der Waals surface area contributed by atoms with Gasteiger partial charge in [-0.15, -0.1) is 0 Å². The first-order chi connectivity index (χ1) is 21.0. The Kier molecular flexibility index (Phi) is 11.7. The lowest BCUT2D eigenvalue weighted by Gasteiger charge is -2.21. The van der Waals surface area contributed by atoms with Gasteiger partial charge in [-0.1, -0.05) is 103 Å². The molecule has 3 amide bonds. The number of rotatable bonds is 14. The summed E-state index contributed by atoms with van der Waals surface area (Å²) in [5, 5.41) is 8.26. The van der Waals surface area contributed by atoms with Crippen LogP contribution in [-0.2, 0) is 40.4 Å². The zero-order chi connectivity index (χ0) is 30.3. The number of ether oxygens (including phenoxy) is 2. The van der Waals surface area contributed by atoms with E-state index in [1.807, 2.05) is 115 Å². The maximum atomic E-state index is 13.3. The van der Waals surface area contributed by atoms with Crippen molar-refractivity contribution in [3.63, 3.8) is 0 Å². The predicted molar refractivity (Wildman–Crippen MR) is 165 cm³/mol. The highest BCUT2D eigenvalue weighted by atomic mass is 16.5. The van der Waals surface area contributed by atoms with E-state index < -0.39 is 24.1 Å². The zero-order valence-electron chi connectivity index (χ0n) is 24.2. The molecule has 4 rings (SSSR count). The smallest absolute Gasteiger partial charge is 0.408 e. The van der Waals surface area contributed by atoms with Gasteiger partial charge in [-0.05, 0) is 47.7 Å². The summed E-state index contributed by atoms with van der Waals surface area (Å²) in [4.78, 5) is 38.7. The molecule has 0 aliphatic rings. The van der Waals surface area contributed by atoms with E-state index in [4.69, 9.17) is 9.47 Å². The van der Waals surface area contributed by atoms with Gasteiger partial charge < -0.3 is 25.4 Å². The number of amides is 3. The Morgan fingerprint density at radius 2 is 1.19 bits per heavy atom. The Balaban J connectivity index is 1.34. The number of alkyl carbamates (subject to hydrolysis) is 1. The van der Waals surface area contributed by atoms with Crippen molar-refractivity contribution in [2.24, 2.45) is 0 Å². The van der Waals surface area contributed by atoms with Crippen molar-refractivity contribution in [3.05, 3.63) is 138 Å². The van der Waals surface area contributed by atoms with Gasteiger partial charge in [-0.2, -0.15) is 0 Å². The standard InChI is InChI=1S/C35H37N3O5/c1-26(33(39)36-22-21-27-11-5-2-6-12-27)37-34(40)32(38-35(41)43-25-30-15-9-4-10-16-30)23-28-17-19-31(20-18-28)42-24-29-13-7-3-8-14-29/h2-20,26,32H,21-25H2,1H3,(H,36,39)(H,37,40)(H,38,41)/t26-,32+/m1/s1. The molecule has 0 saturated heterocycles. The minimum Gasteiger partial charge on any atom is -0.489 e. The maximum absolute atomic E-state index is 13.3. The van der Waals surface area contributed by atoms with Crippen molar-refractivity contribution < 1.29 is 23.9 Å². The lowest BCUT2D eigenvalue weighted by atomic mass is 10.0. The average Bonchev–Trinajstić information content (AvgIpc) is 3.04. The molecule has 4 aromatic rings. The van der Waals surface area contributed by atoms with E-state index in [0.29, 0.717) is 25.3 Å². The van der Waals surface area contributed by atoms with E-state index >= 15 is 0 Å². The number of hydrogen-bond acceptors (Lipinski definition) is 5. The molecule has 0 fully saturated rings. The van der Waals surface area contributed by atoms with Gasteiger partial charge in [0.25, 0.3) is 0 Å². The quantitative estimate of drug-likeness (QED) is 0.196. The van der Waals surface area contributed by atoms with Gasteiger partial charge >= 0.3 is 6.09 Å². The minimum absolute atomic E-state index is 0.0642. The SMILES string of the molecule is C[C@@H](NC(=O)[C@H](Cc1ccc(OCc2ccccc2)cc1)NC(=O)OCc1ccccc1)C(=O)NCCc1ccccc1. The third-order valence-electron chi connectivity index (χ3n) is 6.74. The van der Waals surface area contributed by atoms with Gasteiger partial charge in [0.15, 0.2) is 0 Å². The fourth-order valence-corrected chi connectivity index (χ4v) is 4.32. The third kappa shape index (κ3) is 10.7. The average molecular weight is 580 g/mol. The second-order valence-electron chi connectivity index (χ2n) is 10.1. The molecule has 0 aliphatic heterocycles. The Bertz CT molecular complexity index is 1430. The molecule has 4 aromatic carbocycles. The summed E-state index contributed by atoms with van der Waals surface area (Å²) in [7, 11) is 0. The summed E-state index contributed by atoms with van der Waals surface area (Å²) in [6, 6.07) is 34.5. The first kappa shape index (κ1) is 30.8. The van der Waals surface area contributed by atoms with Gasteiger partial charge in [-0.3, -0.25) is 9.59 Å². The summed E-state index contributed by atoms with van der Waals surface area (Å²) in [6.45, 7) is 2.55. The zero-order valence-corrected chi connectivity index (χ0v) is 24.2. The number of hydrogen-bond donors (Lipinski definition) is 3. The lowest BCUT2D eigenvalue weighted by molar-refractivity contribution is -0.129. The summed E-state index contributed by atoms with van der Waals surface area (Å²) >= 11 is 0. The molecule has 3 N–H and O–H groups in total. The number of carbonyl (C=O) groups excluding carboxylic acids is 3. The highest BCUT2D eigenvalue weighted by molar-refractivity contribution is 5.91. The lowest BCUT2D eigenvalue weighted by Crippen LogP contribution is -2.53. The van der Waals surface area contributed by atoms with E-state index in [0.717, 1.165) is 22.3 Å². The predicted octanol–water partition coefficient (Wildman–Crippen LogP) is 4.97. The van der Waals surface area contributed by atoms with Crippen LogP contribution in [0.15, 0.2) is 115 Å². The summed E-state index contributed by atoms with van der Waals surface area (Å²) < 4.78 is 11.2. The molecule has 8 heteroatoms. The first-order valence-electron chi connectivity index (χ1n) is 14.3. The molecule has 0 saturated carbocycles. The highest BCUT2D eigenvalue weighted by Crippen LogP contribution is 2.16. The number of benzene rings is 4. The van der Waals surface area contributed by atoms with E-state index in [1.165, 1.54) is 0 Å². The van der Waals surface area contributed by atoms with Crippen molar-refractivity contribution in [3.8, 4) is 5.75 Å². The van der Waals surface area contributed by atoms with Crippen LogP contribution in [0.4, 0.5) is 4.79 Å². The van der Waals surface area contributed by atoms with Crippen LogP contribution in [0.3, 0.4) is 0 Å². The van der Waals surface area contributed by atoms with Crippen LogP contribution in [0.25, 0.3) is 0 Å². The second-order valence-corrected chi connectivity index (χ2v) is 10.1. The van der Waals surface area contributed by atoms with Crippen LogP contribution >= 0.6 is 0 Å². The molecule has 8 nitrogen and oxygen atoms in total. The van der Waals surface area contributed by atoms with Crippen molar-refractivity contribution in [1.29, 1.82) is 0 Å². The first-order valence-corrected chi connectivity index (χ1v) is 14.3. The number of nitrogens with one attached hydrogen (secondary N) is 3. The molecule has 43 heavy (non-hydrogen) atoms. The fourth-order valence-electron chi connectivity index (χ4n) is 4.32. The molecule has 0 aromatic heterocycles. The van der Waals surface area contributed by atoms with E-state index in [-0.39, 0.29) is 18.9 Å². The van der Waals surface area contributed by atoms with Crippen molar-refractivity contribution in [2.75, 3.05) is 6.54 Å². The van der Waals surface area contributed by atoms with Crippen LogP contribution in [-0.4, -0.2) is 36.5 Å². The molecule has 0 bridgehead atoms. The topological polar surface area (TPSA) is 106 Å². The summed E-state index contributed by atoms with van der Waals surface area (Å²) in [5.74, 6) is -0.119. The fraction of sp³-hybridized carbons (Fsp3) is 0.229. The monoisotopic (exact) mass is 579 g/mol. The van der Waals surface area contributed by atoms with E-state index in [2.05, 4.69) is 16.0 Å². The van der Waals surface area contributed by atoms with Crippen molar-refractivity contribution in [2.45, 2.75) is 45.1 Å². The summed E-state index contributed by atoms with van der Waals surface area (Å²) in [6.07, 6.45) is 0.135. The minimum atomic E-state index is -0.973. The Morgan fingerprint density at radius 1 is 0.628 bits per heavy atom. The Hall–Kier alpha value is -5.11. The molecule has 0 unspecified atom stereocenters. The van der Waals surface area contributed by atoms with Crippen LogP contribution < -0.4 is 20.7 Å². The molecule has 0 heterocycles.